The molecular weight excluding hydrogens is 160 g/mol. The maximum absolute atomic E-state index is 10.7. The van der Waals surface area contributed by atoms with Gasteiger partial charge in [0.25, 0.3) is 0 Å². The maximum Gasteiger partial charge on any atom is 0.327 e. The van der Waals surface area contributed by atoms with Crippen molar-refractivity contribution in [1.29, 1.82) is 0 Å². The quantitative estimate of drug-likeness (QED) is 0.341. The summed E-state index contributed by atoms with van der Waals surface area (Å²) in [4.78, 5) is 20.8. The van der Waals surface area contributed by atoms with Gasteiger partial charge in [-0.3, -0.25) is 4.79 Å². The van der Waals surface area contributed by atoms with Crippen LogP contribution in [0.15, 0.2) is 5.29 Å². The number of ether oxygens (including phenoxy) is 1. The zero-order valence-corrected chi connectivity index (χ0v) is 7.45. The van der Waals surface area contributed by atoms with Gasteiger partial charge in [0.1, 0.15) is 6.54 Å². The van der Waals surface area contributed by atoms with Crippen molar-refractivity contribution in [1.82, 2.24) is 5.01 Å². The van der Waals surface area contributed by atoms with Gasteiger partial charge in [-0.2, -0.15) is 0 Å². The van der Waals surface area contributed by atoms with E-state index >= 15 is 0 Å². The highest BCUT2D eigenvalue weighted by Crippen LogP contribution is 1.95. The van der Waals surface area contributed by atoms with E-state index in [1.54, 1.807) is 0 Å². The second-order valence-electron chi connectivity index (χ2n) is 2.40. The summed E-state index contributed by atoms with van der Waals surface area (Å²) < 4.78 is 4.38. The molecule has 0 aromatic carbocycles. The van der Waals surface area contributed by atoms with Crippen molar-refractivity contribution in [3.05, 3.63) is 4.91 Å². The lowest BCUT2D eigenvalue weighted by atomic mass is 10.3. The van der Waals surface area contributed by atoms with Crippen LogP contribution in [0.25, 0.3) is 0 Å². The summed E-state index contributed by atoms with van der Waals surface area (Å²) in [5.74, 6) is -0.439. The van der Waals surface area contributed by atoms with Crippen molar-refractivity contribution in [3.63, 3.8) is 0 Å². The van der Waals surface area contributed by atoms with Crippen LogP contribution < -0.4 is 0 Å². The molecule has 0 spiro atoms. The fourth-order valence-electron chi connectivity index (χ4n) is 0.703. The average Bonchev–Trinajstić information content (AvgIpc) is 2.11. The number of hydrogen-bond acceptors (Lipinski definition) is 4. The Hall–Kier alpha value is -1.13. The first-order valence-corrected chi connectivity index (χ1v) is 3.89. The smallest absolute Gasteiger partial charge is 0.327 e. The maximum atomic E-state index is 10.7. The van der Waals surface area contributed by atoms with Crippen molar-refractivity contribution in [2.45, 2.75) is 19.8 Å². The Morgan fingerprint density at radius 1 is 1.58 bits per heavy atom. The molecule has 0 aliphatic carbocycles. The third-order valence-corrected chi connectivity index (χ3v) is 1.42. The van der Waals surface area contributed by atoms with E-state index < -0.39 is 5.97 Å². The van der Waals surface area contributed by atoms with Gasteiger partial charge in [0.15, 0.2) is 0 Å². The molecule has 0 saturated carbocycles. The molecule has 0 aliphatic heterocycles. The number of esters is 1. The van der Waals surface area contributed by atoms with Gasteiger partial charge >= 0.3 is 5.97 Å². The fourth-order valence-corrected chi connectivity index (χ4v) is 0.703. The van der Waals surface area contributed by atoms with Crippen molar-refractivity contribution in [3.8, 4) is 0 Å². The molecule has 5 nitrogen and oxygen atoms in total. The van der Waals surface area contributed by atoms with E-state index in [0.717, 1.165) is 17.9 Å². The fraction of sp³-hybridized carbons (Fsp3) is 0.857. The van der Waals surface area contributed by atoms with Crippen LogP contribution in [0.4, 0.5) is 0 Å². The molecule has 0 heterocycles. The summed E-state index contributed by atoms with van der Waals surface area (Å²) in [6.07, 6.45) is 1.82. The Bertz CT molecular complexity index is 150. The van der Waals surface area contributed by atoms with Gasteiger partial charge in [0.05, 0.1) is 12.4 Å². The molecule has 0 atom stereocenters. The van der Waals surface area contributed by atoms with E-state index in [1.165, 1.54) is 7.11 Å². The molecule has 0 aromatic rings. The zero-order valence-electron chi connectivity index (χ0n) is 7.45. The molecule has 70 valence electrons. The van der Waals surface area contributed by atoms with Gasteiger partial charge < -0.3 is 4.74 Å². The Balaban J connectivity index is 3.66. The lowest BCUT2D eigenvalue weighted by Crippen LogP contribution is -2.26. The van der Waals surface area contributed by atoms with E-state index in [1.807, 2.05) is 6.92 Å². The third-order valence-electron chi connectivity index (χ3n) is 1.42. The van der Waals surface area contributed by atoms with Crippen molar-refractivity contribution in [2.24, 2.45) is 5.29 Å². The minimum absolute atomic E-state index is 0.0556. The molecule has 0 aromatic heterocycles. The number of unbranched alkanes of at least 4 members (excludes halogenated alkanes) is 1. The number of nitrogens with zero attached hydrogens (tertiary/aromatic N) is 2. The van der Waals surface area contributed by atoms with Crippen molar-refractivity contribution < 1.29 is 9.53 Å². The minimum Gasteiger partial charge on any atom is -0.468 e. The molecule has 12 heavy (non-hydrogen) atoms. The Morgan fingerprint density at radius 2 is 2.25 bits per heavy atom. The molecule has 0 unspecified atom stereocenters. The first kappa shape index (κ1) is 10.9. The summed E-state index contributed by atoms with van der Waals surface area (Å²) in [5.41, 5.74) is 0. The van der Waals surface area contributed by atoms with Crippen LogP contribution in [-0.2, 0) is 9.53 Å². The number of carbonyl (C=O) groups is 1. The van der Waals surface area contributed by atoms with Crippen LogP contribution in [0.2, 0.25) is 0 Å². The molecule has 0 radical (unpaired) electrons. The minimum atomic E-state index is -0.439. The monoisotopic (exact) mass is 174 g/mol. The van der Waals surface area contributed by atoms with Crippen LogP contribution in [-0.4, -0.2) is 31.2 Å². The van der Waals surface area contributed by atoms with Crippen LogP contribution in [0.5, 0.6) is 0 Å². The van der Waals surface area contributed by atoms with E-state index in [-0.39, 0.29) is 6.54 Å². The summed E-state index contributed by atoms with van der Waals surface area (Å²) >= 11 is 0. The van der Waals surface area contributed by atoms with Gasteiger partial charge in [-0.05, 0) is 6.42 Å². The predicted octanol–water partition coefficient (Wildman–Crippen LogP) is 0.943. The molecule has 0 amide bonds. The Kier molecular flexibility index (Phi) is 5.95. The van der Waals surface area contributed by atoms with E-state index in [9.17, 15) is 9.70 Å². The summed E-state index contributed by atoms with van der Waals surface area (Å²) in [6, 6.07) is 0. The Labute approximate surface area is 71.6 Å². The van der Waals surface area contributed by atoms with Crippen LogP contribution in [0, 0.1) is 4.91 Å². The lowest BCUT2D eigenvalue weighted by Gasteiger charge is -2.12. The molecule has 0 aliphatic rings. The van der Waals surface area contributed by atoms with Gasteiger partial charge in [-0.25, -0.2) is 5.01 Å². The third kappa shape index (κ3) is 4.65. The lowest BCUT2D eigenvalue weighted by molar-refractivity contribution is -0.141. The van der Waals surface area contributed by atoms with E-state index in [2.05, 4.69) is 10.0 Å². The van der Waals surface area contributed by atoms with Gasteiger partial charge in [-0.1, -0.05) is 13.3 Å². The van der Waals surface area contributed by atoms with Gasteiger partial charge in [0, 0.05) is 6.54 Å². The molecule has 0 N–H and O–H groups in total. The predicted molar refractivity (Wildman–Crippen MR) is 44.3 cm³/mol. The molecule has 0 fully saturated rings. The highest BCUT2D eigenvalue weighted by Gasteiger charge is 2.08. The number of hydrogen-bond donors (Lipinski definition) is 0. The SMILES string of the molecule is CCCCN(CC(=O)OC)N=O. The van der Waals surface area contributed by atoms with Crippen LogP contribution >= 0.6 is 0 Å². The first-order valence-electron chi connectivity index (χ1n) is 3.89. The molecule has 0 bridgehead atoms. The topological polar surface area (TPSA) is 59.0 Å². The van der Waals surface area contributed by atoms with Crippen molar-refractivity contribution >= 4 is 5.97 Å². The number of carbonyl (C=O) groups excluding carboxylic acids is 1. The second kappa shape index (κ2) is 6.57. The highest BCUT2D eigenvalue weighted by molar-refractivity contribution is 5.71. The largest absolute Gasteiger partial charge is 0.468 e. The van der Waals surface area contributed by atoms with Crippen LogP contribution in [0.1, 0.15) is 19.8 Å². The number of methoxy groups -OCH3 is 1. The van der Waals surface area contributed by atoms with Gasteiger partial charge in [-0.15, -0.1) is 4.91 Å². The summed E-state index contributed by atoms with van der Waals surface area (Å²) in [5, 5.41) is 3.86. The molecule has 5 heteroatoms. The van der Waals surface area contributed by atoms with Gasteiger partial charge in [0.2, 0.25) is 0 Å². The number of rotatable bonds is 6. The molecule has 0 saturated heterocycles. The zero-order chi connectivity index (χ0) is 9.40. The normalized spacial score (nSPS) is 9.17. The summed E-state index contributed by atoms with van der Waals surface area (Å²) in [6.45, 7) is 2.45. The average molecular weight is 174 g/mol. The molecular formula is C7H14N2O3. The van der Waals surface area contributed by atoms with E-state index in [4.69, 9.17) is 0 Å². The first-order chi connectivity index (χ1) is 5.74. The highest BCUT2D eigenvalue weighted by atomic mass is 16.5. The Morgan fingerprint density at radius 3 is 2.67 bits per heavy atom. The van der Waals surface area contributed by atoms with Crippen LogP contribution in [0.3, 0.4) is 0 Å². The standard InChI is InChI=1S/C7H14N2O3/c1-3-4-5-9(8-11)6-7(10)12-2/h3-6H2,1-2H3. The summed E-state index contributed by atoms with van der Waals surface area (Å²) in [7, 11) is 1.28. The van der Waals surface area contributed by atoms with E-state index in [0.29, 0.717) is 6.54 Å². The second-order valence-corrected chi connectivity index (χ2v) is 2.40. The number of nitroso groups, excluding NO2 is 1. The van der Waals surface area contributed by atoms with Crippen molar-refractivity contribution in [2.75, 3.05) is 20.2 Å². The molecule has 0 rings (SSSR count).